The van der Waals surface area contributed by atoms with Crippen molar-refractivity contribution in [2.45, 2.75) is 89.3 Å². The van der Waals surface area contributed by atoms with E-state index in [1.54, 1.807) is 43.5 Å². The summed E-state index contributed by atoms with van der Waals surface area (Å²) in [6.07, 6.45) is 10.2. The Labute approximate surface area is 289 Å². The van der Waals surface area contributed by atoms with Crippen molar-refractivity contribution in [1.82, 2.24) is 19.4 Å². The second kappa shape index (κ2) is 15.5. The number of fused-ring (bicyclic) bond motifs is 1. The molecular weight excluding hydrogens is 651 g/mol. The predicted octanol–water partition coefficient (Wildman–Crippen LogP) is 7.39. The third-order valence-electron chi connectivity index (χ3n) is 10.00. The van der Waals surface area contributed by atoms with Crippen LogP contribution in [0.4, 0.5) is 13.2 Å². The van der Waals surface area contributed by atoms with E-state index in [4.69, 9.17) is 23.1 Å². The van der Waals surface area contributed by atoms with Crippen LogP contribution in [0.25, 0.3) is 28.0 Å². The van der Waals surface area contributed by atoms with E-state index in [0.29, 0.717) is 53.6 Å². The maximum atomic E-state index is 15.9. The first-order valence-electron chi connectivity index (χ1n) is 17.4. The first kappa shape index (κ1) is 35.2. The third kappa shape index (κ3) is 8.22. The van der Waals surface area contributed by atoms with Crippen LogP contribution in [0.15, 0.2) is 52.4 Å². The van der Waals surface area contributed by atoms with Gasteiger partial charge in [-0.15, -0.1) is 0 Å². The molecule has 1 aliphatic heterocycles. The lowest BCUT2D eigenvalue weighted by Gasteiger charge is -2.42. The molecule has 6 rings (SSSR count). The molecule has 1 saturated carbocycles. The van der Waals surface area contributed by atoms with Crippen molar-refractivity contribution in [1.29, 1.82) is 0 Å². The minimum atomic E-state index is -0.606. The summed E-state index contributed by atoms with van der Waals surface area (Å²) in [7, 11) is 0. The Bertz CT molecular complexity index is 1870. The Morgan fingerprint density at radius 1 is 1.14 bits per heavy atom. The van der Waals surface area contributed by atoms with Gasteiger partial charge in [0.25, 0.3) is 0 Å². The van der Waals surface area contributed by atoms with Crippen LogP contribution in [0.1, 0.15) is 81.9 Å². The van der Waals surface area contributed by atoms with Gasteiger partial charge in [0.2, 0.25) is 0 Å². The number of piperidine rings is 1. The normalized spacial score (nSPS) is 19.5. The van der Waals surface area contributed by atoms with Gasteiger partial charge in [-0.05, 0) is 113 Å². The highest BCUT2D eigenvalue weighted by atomic mass is 35.5. The molecular formula is C37H45ClF3N7O. The lowest BCUT2D eigenvalue weighted by atomic mass is 9.89. The Balaban J connectivity index is 1.24. The molecule has 0 radical (unpaired) electrons. The molecule has 1 saturated heterocycles. The number of nitrogens with two attached hydrogens (primary N) is 2. The minimum Gasteiger partial charge on any atom is -0.388 e. The molecule has 3 atom stereocenters. The van der Waals surface area contributed by atoms with Gasteiger partial charge in [-0.3, -0.25) is 18.8 Å². The number of hydrogen-bond donors (Lipinski definition) is 3. The fraction of sp³-hybridized carbons (Fsp3) is 0.486. The number of amidine groups is 1. The summed E-state index contributed by atoms with van der Waals surface area (Å²) in [4.78, 5) is 27.0. The van der Waals surface area contributed by atoms with E-state index in [1.807, 2.05) is 0 Å². The first-order chi connectivity index (χ1) is 23.6. The van der Waals surface area contributed by atoms with Crippen molar-refractivity contribution in [3.8, 4) is 16.9 Å². The number of likely N-dealkylation sites (tertiary alicyclic amines) is 1. The summed E-state index contributed by atoms with van der Waals surface area (Å²) in [5.74, 6) is 0.133. The molecule has 2 fully saturated rings. The van der Waals surface area contributed by atoms with Gasteiger partial charge in [0, 0.05) is 53.9 Å². The zero-order valence-electron chi connectivity index (χ0n) is 27.9. The number of aromatic nitrogens is 3. The summed E-state index contributed by atoms with van der Waals surface area (Å²) in [6, 6.07) is 10.0. The highest BCUT2D eigenvalue weighted by Crippen LogP contribution is 2.38. The van der Waals surface area contributed by atoms with Gasteiger partial charge in [-0.1, -0.05) is 17.7 Å². The minimum absolute atomic E-state index is 0.0208. The van der Waals surface area contributed by atoms with E-state index in [1.165, 1.54) is 23.5 Å². The van der Waals surface area contributed by atoms with Crippen LogP contribution >= 0.6 is 11.6 Å². The molecule has 0 bridgehead atoms. The number of halogens is 4. The number of hydrogen-bond acceptors (Lipinski definition) is 5. The second-order valence-electron chi connectivity index (χ2n) is 13.6. The molecule has 49 heavy (non-hydrogen) atoms. The molecule has 5 N–H and O–H groups in total. The average Bonchev–Trinajstić information content (AvgIpc) is 3.85. The van der Waals surface area contributed by atoms with Crippen LogP contribution < -0.4 is 17.2 Å². The molecule has 2 aromatic heterocycles. The van der Waals surface area contributed by atoms with Gasteiger partial charge in [0.05, 0.1) is 28.9 Å². The largest absolute Gasteiger partial charge is 0.388 e. The molecule has 4 aromatic rings. The molecule has 0 unspecified atom stereocenters. The lowest BCUT2D eigenvalue weighted by molar-refractivity contribution is 0.0728. The van der Waals surface area contributed by atoms with Gasteiger partial charge in [0.15, 0.2) is 5.82 Å². The maximum absolute atomic E-state index is 15.9. The number of rotatable bonds is 14. The topological polar surface area (TPSA) is 118 Å². The highest BCUT2D eigenvalue weighted by molar-refractivity contribution is 6.31. The lowest BCUT2D eigenvalue weighted by Crippen LogP contribution is -2.43. The summed E-state index contributed by atoms with van der Waals surface area (Å²) in [5, 5.41) is 0.575. The molecule has 3 heterocycles. The van der Waals surface area contributed by atoms with Crippen molar-refractivity contribution in [3.05, 3.63) is 80.9 Å². The van der Waals surface area contributed by atoms with Gasteiger partial charge in [0.1, 0.15) is 11.5 Å². The molecule has 1 aliphatic carbocycles. The number of aliphatic imine (C=N–C) groups is 1. The summed E-state index contributed by atoms with van der Waals surface area (Å²) < 4.78 is 45.8. The van der Waals surface area contributed by atoms with Crippen LogP contribution in [0.2, 0.25) is 5.02 Å². The Kier molecular flexibility index (Phi) is 11.1. The SMILES string of the molecule is CC(N)=NCC[C@@H]1CCC[C@@H](c2ccc(-n3cc4cc(-c5cc(CCC[C@@H](N)C6CC6)cc(Cl)c5F)[nH]c4nc3=O)cc2F)N1CCCF. The number of H-pyrrole nitrogens is 1. The molecule has 8 nitrogen and oxygen atoms in total. The fourth-order valence-corrected chi connectivity index (χ4v) is 7.54. The number of aromatic amines is 1. The highest BCUT2D eigenvalue weighted by Gasteiger charge is 2.33. The molecule has 2 aliphatic rings. The van der Waals surface area contributed by atoms with Gasteiger partial charge in [-0.25, -0.2) is 13.6 Å². The number of nitrogens with one attached hydrogen (secondary N) is 1. The van der Waals surface area contributed by atoms with E-state index in [2.05, 4.69) is 19.9 Å². The standard InChI is InChI=1S/C37H45ClF3N7O/c1-22(42)44-15-13-26-6-3-8-34(47(26)16-4-14-39)28-12-11-27(20-31(28)40)48-21-25-19-33(45-36(25)46-37(48)49)29-17-23(18-30(38)35(29)41)5-2-7-32(43)24-9-10-24/h11-12,17-21,24,26,32,34H,2-10,13-16,43H2,1H3,(H2,42,44)(H,45,46,49)/t26-,32+,34-/m0/s1. The van der Waals surface area contributed by atoms with Crippen LogP contribution in [0.3, 0.4) is 0 Å². The quantitative estimate of drug-likeness (QED) is 0.0939. The summed E-state index contributed by atoms with van der Waals surface area (Å²) >= 11 is 6.31. The third-order valence-corrected chi connectivity index (χ3v) is 10.3. The van der Waals surface area contributed by atoms with Crippen LogP contribution in [-0.4, -0.2) is 57.1 Å². The van der Waals surface area contributed by atoms with E-state index >= 15 is 8.78 Å². The summed E-state index contributed by atoms with van der Waals surface area (Å²) in [6.45, 7) is 2.38. The van der Waals surface area contributed by atoms with Crippen LogP contribution in [-0.2, 0) is 6.42 Å². The maximum Gasteiger partial charge on any atom is 0.354 e. The zero-order chi connectivity index (χ0) is 34.7. The van der Waals surface area contributed by atoms with Crippen molar-refractivity contribution < 1.29 is 13.2 Å². The molecule has 0 amide bonds. The molecule has 262 valence electrons. The number of nitrogens with zero attached hydrogens (tertiary/aromatic N) is 4. The van der Waals surface area contributed by atoms with Crippen LogP contribution in [0, 0.1) is 17.6 Å². The van der Waals surface area contributed by atoms with Gasteiger partial charge >= 0.3 is 5.69 Å². The van der Waals surface area contributed by atoms with Crippen molar-refractivity contribution >= 4 is 28.5 Å². The average molecular weight is 696 g/mol. The molecule has 2 aromatic carbocycles. The smallest absolute Gasteiger partial charge is 0.354 e. The van der Waals surface area contributed by atoms with Crippen molar-refractivity contribution in [2.24, 2.45) is 22.4 Å². The van der Waals surface area contributed by atoms with E-state index < -0.39 is 24.0 Å². The first-order valence-corrected chi connectivity index (χ1v) is 17.7. The predicted molar refractivity (Wildman–Crippen MR) is 190 cm³/mol. The van der Waals surface area contributed by atoms with E-state index in [-0.39, 0.29) is 34.4 Å². The van der Waals surface area contributed by atoms with E-state index in [0.717, 1.165) is 50.5 Å². The second-order valence-corrected chi connectivity index (χ2v) is 14.0. The van der Waals surface area contributed by atoms with Crippen molar-refractivity contribution in [2.75, 3.05) is 19.8 Å². The zero-order valence-corrected chi connectivity index (χ0v) is 28.7. The fourth-order valence-electron chi connectivity index (χ4n) is 7.30. The number of alkyl halides is 1. The summed E-state index contributed by atoms with van der Waals surface area (Å²) in [5.41, 5.74) is 14.1. The molecule has 12 heteroatoms. The Morgan fingerprint density at radius 3 is 2.69 bits per heavy atom. The Hall–Kier alpha value is -3.67. The van der Waals surface area contributed by atoms with Crippen LogP contribution in [0.5, 0.6) is 0 Å². The molecule has 0 spiro atoms. The Morgan fingerprint density at radius 2 is 1.96 bits per heavy atom. The number of aryl methyl sites for hydroxylation is 1. The van der Waals surface area contributed by atoms with Gasteiger partial charge in [-0.2, -0.15) is 4.98 Å². The van der Waals surface area contributed by atoms with Gasteiger partial charge < -0.3 is 16.5 Å². The number of benzene rings is 2. The van der Waals surface area contributed by atoms with E-state index in [9.17, 15) is 9.18 Å². The monoisotopic (exact) mass is 695 g/mol. The van der Waals surface area contributed by atoms with Crippen molar-refractivity contribution in [3.63, 3.8) is 0 Å².